The summed E-state index contributed by atoms with van der Waals surface area (Å²) in [6, 6.07) is 16.6. The van der Waals surface area contributed by atoms with Gasteiger partial charge in [-0.2, -0.15) is 0 Å². The van der Waals surface area contributed by atoms with Gasteiger partial charge in [0.25, 0.3) is 5.91 Å². The van der Waals surface area contributed by atoms with Crippen LogP contribution in [0, 0.1) is 0 Å². The van der Waals surface area contributed by atoms with E-state index in [1.165, 1.54) is 0 Å². The molecule has 1 saturated heterocycles. The summed E-state index contributed by atoms with van der Waals surface area (Å²) in [5.74, 6) is 1.17. The Morgan fingerprint density at radius 1 is 1.08 bits per heavy atom. The number of benzene rings is 2. The van der Waals surface area contributed by atoms with Crippen LogP contribution in [0.5, 0.6) is 11.5 Å². The Hall–Kier alpha value is -2.53. The van der Waals surface area contributed by atoms with Gasteiger partial charge in [0.05, 0.1) is 6.10 Å². The van der Waals surface area contributed by atoms with Gasteiger partial charge in [0.2, 0.25) is 0 Å². The lowest BCUT2D eigenvalue weighted by Crippen LogP contribution is -2.20. The van der Waals surface area contributed by atoms with E-state index in [2.05, 4.69) is 5.32 Å². The average Bonchev–Trinajstić information content (AvgIpc) is 3.13. The molecule has 1 atom stereocenters. The summed E-state index contributed by atoms with van der Waals surface area (Å²) < 4.78 is 16.7. The number of carbonyl (C=O) groups is 1. The maximum Gasteiger partial charge on any atom is 0.262 e. The Labute approximate surface area is 141 Å². The normalized spacial score (nSPS) is 16.6. The Morgan fingerprint density at radius 3 is 2.71 bits per heavy atom. The Kier molecular flexibility index (Phi) is 5.69. The first-order valence-corrected chi connectivity index (χ1v) is 8.12. The highest BCUT2D eigenvalue weighted by Gasteiger charge is 2.16. The molecular formula is C19H21NO4. The third-order valence-electron chi connectivity index (χ3n) is 3.69. The quantitative estimate of drug-likeness (QED) is 0.848. The summed E-state index contributed by atoms with van der Waals surface area (Å²) in [6.45, 7) is 1.31. The molecule has 3 rings (SSSR count). The molecule has 5 heteroatoms. The van der Waals surface area contributed by atoms with Crippen molar-refractivity contribution in [1.82, 2.24) is 0 Å². The van der Waals surface area contributed by atoms with Gasteiger partial charge < -0.3 is 19.5 Å². The van der Waals surface area contributed by atoms with Crippen LogP contribution in [0.25, 0.3) is 0 Å². The summed E-state index contributed by atoms with van der Waals surface area (Å²) in [5.41, 5.74) is 0.682. The van der Waals surface area contributed by atoms with E-state index in [0.717, 1.165) is 19.4 Å². The monoisotopic (exact) mass is 327 g/mol. The van der Waals surface area contributed by atoms with Crippen LogP contribution in [-0.2, 0) is 9.53 Å². The zero-order chi connectivity index (χ0) is 16.6. The standard InChI is InChI=1S/C19H21NO4/c21-19(14-24-16-7-2-1-3-8-16)20-15-6-4-9-17(12-15)23-13-18-10-5-11-22-18/h1-4,6-9,12,18H,5,10-11,13-14H2,(H,20,21)/t18-/m0/s1. The number of ether oxygens (including phenoxy) is 3. The van der Waals surface area contributed by atoms with Crippen LogP contribution in [0.15, 0.2) is 54.6 Å². The fraction of sp³-hybridized carbons (Fsp3) is 0.316. The lowest BCUT2D eigenvalue weighted by atomic mass is 10.2. The van der Waals surface area contributed by atoms with E-state index < -0.39 is 0 Å². The molecule has 0 aromatic heterocycles. The fourth-order valence-corrected chi connectivity index (χ4v) is 2.49. The molecule has 1 heterocycles. The Morgan fingerprint density at radius 2 is 1.92 bits per heavy atom. The molecule has 24 heavy (non-hydrogen) atoms. The van der Waals surface area contributed by atoms with Gasteiger partial charge in [-0.1, -0.05) is 24.3 Å². The van der Waals surface area contributed by atoms with Crippen molar-refractivity contribution in [3.8, 4) is 11.5 Å². The minimum atomic E-state index is -0.213. The van der Waals surface area contributed by atoms with Crippen molar-refractivity contribution in [2.75, 3.05) is 25.1 Å². The molecular weight excluding hydrogens is 306 g/mol. The van der Waals surface area contributed by atoms with Gasteiger partial charge in [-0.05, 0) is 37.1 Å². The lowest BCUT2D eigenvalue weighted by molar-refractivity contribution is -0.118. The number of nitrogens with one attached hydrogen (secondary N) is 1. The van der Waals surface area contributed by atoms with Gasteiger partial charge in [0, 0.05) is 18.4 Å². The van der Waals surface area contributed by atoms with Crippen LogP contribution in [0.2, 0.25) is 0 Å². The summed E-state index contributed by atoms with van der Waals surface area (Å²) in [5, 5.41) is 2.81. The van der Waals surface area contributed by atoms with Crippen molar-refractivity contribution < 1.29 is 19.0 Å². The van der Waals surface area contributed by atoms with Crippen molar-refractivity contribution in [2.45, 2.75) is 18.9 Å². The molecule has 1 N–H and O–H groups in total. The maximum atomic E-state index is 12.0. The van der Waals surface area contributed by atoms with Gasteiger partial charge >= 0.3 is 0 Å². The molecule has 5 nitrogen and oxygen atoms in total. The number of anilines is 1. The Balaban J connectivity index is 1.47. The third-order valence-corrected chi connectivity index (χ3v) is 3.69. The van der Waals surface area contributed by atoms with Gasteiger partial charge in [-0.25, -0.2) is 0 Å². The molecule has 2 aromatic rings. The van der Waals surface area contributed by atoms with Gasteiger partial charge in [0.15, 0.2) is 6.61 Å². The van der Waals surface area contributed by atoms with Crippen LogP contribution in [0.1, 0.15) is 12.8 Å². The second-order valence-corrected chi connectivity index (χ2v) is 5.62. The molecule has 0 radical (unpaired) electrons. The van der Waals surface area contributed by atoms with Crippen LogP contribution >= 0.6 is 0 Å². The van der Waals surface area contributed by atoms with Crippen molar-refractivity contribution in [3.63, 3.8) is 0 Å². The topological polar surface area (TPSA) is 56.8 Å². The van der Waals surface area contributed by atoms with E-state index in [9.17, 15) is 4.79 Å². The number of rotatable bonds is 7. The molecule has 0 spiro atoms. The Bertz CT molecular complexity index is 653. The third kappa shape index (κ3) is 4.99. The second-order valence-electron chi connectivity index (χ2n) is 5.62. The molecule has 1 aliphatic heterocycles. The largest absolute Gasteiger partial charge is 0.491 e. The predicted octanol–water partition coefficient (Wildman–Crippen LogP) is 3.26. The molecule has 0 bridgehead atoms. The first-order chi connectivity index (χ1) is 11.8. The molecule has 0 unspecified atom stereocenters. The molecule has 1 fully saturated rings. The molecule has 1 aliphatic rings. The van der Waals surface area contributed by atoms with Crippen LogP contribution in [-0.4, -0.2) is 31.8 Å². The SMILES string of the molecule is O=C(COc1ccccc1)Nc1cccc(OC[C@@H]2CCCO2)c1. The van der Waals surface area contributed by atoms with Crippen LogP contribution < -0.4 is 14.8 Å². The molecule has 1 amide bonds. The number of hydrogen-bond acceptors (Lipinski definition) is 4. The van der Waals surface area contributed by atoms with Crippen molar-refractivity contribution >= 4 is 11.6 Å². The average molecular weight is 327 g/mol. The van der Waals surface area contributed by atoms with Crippen LogP contribution in [0.4, 0.5) is 5.69 Å². The highest BCUT2D eigenvalue weighted by Crippen LogP contribution is 2.19. The van der Waals surface area contributed by atoms with Crippen molar-refractivity contribution in [1.29, 1.82) is 0 Å². The number of para-hydroxylation sites is 1. The van der Waals surface area contributed by atoms with Crippen molar-refractivity contribution in [2.24, 2.45) is 0 Å². The lowest BCUT2D eigenvalue weighted by Gasteiger charge is -2.12. The second kappa shape index (κ2) is 8.36. The smallest absolute Gasteiger partial charge is 0.262 e. The van der Waals surface area contributed by atoms with Gasteiger partial charge in [-0.3, -0.25) is 4.79 Å². The number of amides is 1. The van der Waals surface area contributed by atoms with E-state index in [4.69, 9.17) is 14.2 Å². The maximum absolute atomic E-state index is 12.0. The zero-order valence-corrected chi connectivity index (χ0v) is 13.4. The predicted molar refractivity (Wildman–Crippen MR) is 91.5 cm³/mol. The van der Waals surface area contributed by atoms with Crippen molar-refractivity contribution in [3.05, 3.63) is 54.6 Å². The number of carbonyl (C=O) groups excluding carboxylic acids is 1. The fourth-order valence-electron chi connectivity index (χ4n) is 2.49. The van der Waals surface area contributed by atoms with Gasteiger partial charge in [-0.15, -0.1) is 0 Å². The molecule has 0 aliphatic carbocycles. The van der Waals surface area contributed by atoms with E-state index in [1.54, 1.807) is 6.07 Å². The van der Waals surface area contributed by atoms with Gasteiger partial charge in [0.1, 0.15) is 18.1 Å². The summed E-state index contributed by atoms with van der Waals surface area (Å²) in [7, 11) is 0. The molecule has 2 aromatic carbocycles. The first-order valence-electron chi connectivity index (χ1n) is 8.12. The van der Waals surface area contributed by atoms with E-state index >= 15 is 0 Å². The molecule has 126 valence electrons. The minimum Gasteiger partial charge on any atom is -0.491 e. The number of hydrogen-bond donors (Lipinski definition) is 1. The van der Waals surface area contributed by atoms with E-state index in [1.807, 2.05) is 48.5 Å². The first kappa shape index (κ1) is 16.3. The summed E-state index contributed by atoms with van der Waals surface area (Å²) in [4.78, 5) is 12.0. The van der Waals surface area contributed by atoms with Crippen LogP contribution in [0.3, 0.4) is 0 Å². The summed E-state index contributed by atoms with van der Waals surface area (Å²) >= 11 is 0. The van der Waals surface area contributed by atoms with E-state index in [-0.39, 0.29) is 18.6 Å². The highest BCUT2D eigenvalue weighted by atomic mass is 16.5. The highest BCUT2D eigenvalue weighted by molar-refractivity contribution is 5.92. The minimum absolute atomic E-state index is 0.0367. The molecule has 0 saturated carbocycles. The zero-order valence-electron chi connectivity index (χ0n) is 13.4. The summed E-state index contributed by atoms with van der Waals surface area (Å²) in [6.07, 6.45) is 2.29. The van der Waals surface area contributed by atoms with E-state index in [0.29, 0.717) is 23.8 Å².